The van der Waals surface area contributed by atoms with Crippen molar-refractivity contribution in [3.05, 3.63) is 50.9 Å². The van der Waals surface area contributed by atoms with Crippen LogP contribution in [0, 0.1) is 20.8 Å². The molecule has 0 spiro atoms. The van der Waals surface area contributed by atoms with Gasteiger partial charge in [0, 0.05) is 6.07 Å². The highest BCUT2D eigenvalue weighted by atomic mass is 16.4. The largest absolute Gasteiger partial charge is 0.505 e. The van der Waals surface area contributed by atoms with E-state index in [-0.39, 0.29) is 0 Å². The van der Waals surface area contributed by atoms with E-state index in [4.69, 9.17) is 5.11 Å². The Morgan fingerprint density at radius 3 is 2.20 bits per heavy atom. The molecule has 0 unspecified atom stereocenters. The Kier molecular flexibility index (Phi) is 3.31. The summed E-state index contributed by atoms with van der Waals surface area (Å²) < 4.78 is 1.01. The highest BCUT2D eigenvalue weighted by Crippen LogP contribution is 2.20. The van der Waals surface area contributed by atoms with Crippen LogP contribution in [0.5, 0.6) is 5.75 Å². The first kappa shape index (κ1) is 13.8. The molecule has 0 atom stereocenters. The van der Waals surface area contributed by atoms with Crippen LogP contribution in [0.15, 0.2) is 23.0 Å². The number of aromatic nitrogens is 2. The fourth-order valence-corrected chi connectivity index (χ4v) is 2.27. The molecular formula is C14H14N2O4. The molecule has 0 bridgehead atoms. The number of hydrogen-bond acceptors (Lipinski definition) is 4. The van der Waals surface area contributed by atoms with E-state index >= 15 is 0 Å². The monoisotopic (exact) mass is 274 g/mol. The maximum Gasteiger partial charge on any atom is 0.360 e. The van der Waals surface area contributed by atoms with Crippen molar-refractivity contribution < 1.29 is 15.0 Å². The first-order chi connectivity index (χ1) is 9.31. The minimum absolute atomic E-state index is 0.531. The number of aryl methyl sites for hydroxylation is 3. The number of benzene rings is 1. The summed E-state index contributed by atoms with van der Waals surface area (Å²) in [6, 6.07) is 4.61. The lowest BCUT2D eigenvalue weighted by Crippen LogP contribution is -2.24. The van der Waals surface area contributed by atoms with Gasteiger partial charge in [0.25, 0.3) is 5.56 Å². The van der Waals surface area contributed by atoms with Gasteiger partial charge in [-0.25, -0.2) is 4.79 Å². The fraction of sp³-hybridized carbons (Fsp3) is 0.214. The van der Waals surface area contributed by atoms with Crippen molar-refractivity contribution in [3.8, 4) is 11.4 Å². The van der Waals surface area contributed by atoms with E-state index in [0.717, 1.165) is 27.4 Å². The second-order valence-electron chi connectivity index (χ2n) is 4.68. The van der Waals surface area contributed by atoms with Crippen LogP contribution in [0.2, 0.25) is 0 Å². The van der Waals surface area contributed by atoms with Crippen molar-refractivity contribution in [2.24, 2.45) is 0 Å². The van der Waals surface area contributed by atoms with E-state index in [0.29, 0.717) is 5.69 Å². The van der Waals surface area contributed by atoms with Gasteiger partial charge in [0.05, 0.1) is 5.69 Å². The lowest BCUT2D eigenvalue weighted by molar-refractivity contribution is 0.0684. The average molecular weight is 274 g/mol. The molecular weight excluding hydrogens is 260 g/mol. The Morgan fingerprint density at radius 1 is 1.15 bits per heavy atom. The highest BCUT2D eigenvalue weighted by Gasteiger charge is 2.17. The summed E-state index contributed by atoms with van der Waals surface area (Å²) >= 11 is 0. The Hall–Kier alpha value is -2.63. The van der Waals surface area contributed by atoms with E-state index in [1.54, 1.807) is 0 Å². The average Bonchev–Trinajstić information content (AvgIpc) is 2.29. The molecule has 1 aromatic carbocycles. The molecule has 2 rings (SSSR count). The van der Waals surface area contributed by atoms with E-state index in [9.17, 15) is 14.7 Å². The summed E-state index contributed by atoms with van der Waals surface area (Å²) in [6.07, 6.45) is 0. The topological polar surface area (TPSA) is 92.4 Å². The molecule has 1 aromatic heterocycles. The summed E-state index contributed by atoms with van der Waals surface area (Å²) in [6.45, 7) is 5.56. The number of rotatable bonds is 2. The zero-order valence-corrected chi connectivity index (χ0v) is 11.3. The lowest BCUT2D eigenvalue weighted by Gasteiger charge is -2.13. The van der Waals surface area contributed by atoms with E-state index in [1.165, 1.54) is 0 Å². The van der Waals surface area contributed by atoms with E-state index < -0.39 is 23.0 Å². The van der Waals surface area contributed by atoms with Crippen molar-refractivity contribution in [2.45, 2.75) is 20.8 Å². The van der Waals surface area contributed by atoms with Crippen LogP contribution in [0.25, 0.3) is 5.69 Å². The molecule has 104 valence electrons. The summed E-state index contributed by atoms with van der Waals surface area (Å²) in [5, 5.41) is 22.2. The fourth-order valence-electron chi connectivity index (χ4n) is 2.27. The molecule has 0 saturated carbocycles. The van der Waals surface area contributed by atoms with Crippen LogP contribution in [0.4, 0.5) is 0 Å². The Labute approximate surface area is 114 Å². The summed E-state index contributed by atoms with van der Waals surface area (Å²) in [5.74, 6) is -2.03. The molecule has 0 radical (unpaired) electrons. The van der Waals surface area contributed by atoms with Crippen molar-refractivity contribution in [3.63, 3.8) is 0 Å². The third-order valence-electron chi connectivity index (χ3n) is 2.96. The number of aromatic carboxylic acids is 1. The standard InChI is InChI=1S/C14H14N2O4/c1-7-4-8(2)13(9(3)5-7)16-11(18)6-10(17)12(15-16)14(19)20/h4-6,17H,1-3H3,(H,19,20). The van der Waals surface area contributed by atoms with Crippen LogP contribution in [0.3, 0.4) is 0 Å². The summed E-state index contributed by atoms with van der Waals surface area (Å²) in [5.41, 5.74) is 2.04. The van der Waals surface area contributed by atoms with Crippen LogP contribution in [0.1, 0.15) is 27.2 Å². The molecule has 1 heterocycles. The predicted molar refractivity (Wildman–Crippen MR) is 72.7 cm³/mol. The van der Waals surface area contributed by atoms with Crippen molar-refractivity contribution in [1.29, 1.82) is 0 Å². The number of carboxylic acids is 1. The van der Waals surface area contributed by atoms with Gasteiger partial charge in [-0.3, -0.25) is 4.79 Å². The van der Waals surface area contributed by atoms with Crippen molar-refractivity contribution >= 4 is 5.97 Å². The molecule has 0 saturated heterocycles. The molecule has 0 fully saturated rings. The Morgan fingerprint density at radius 2 is 1.70 bits per heavy atom. The molecule has 2 N–H and O–H groups in total. The number of carboxylic acid groups (broad SMARTS) is 1. The van der Waals surface area contributed by atoms with Crippen molar-refractivity contribution in [1.82, 2.24) is 9.78 Å². The zero-order valence-electron chi connectivity index (χ0n) is 11.3. The summed E-state index contributed by atoms with van der Waals surface area (Å²) in [7, 11) is 0. The van der Waals surface area contributed by atoms with Crippen molar-refractivity contribution in [2.75, 3.05) is 0 Å². The molecule has 20 heavy (non-hydrogen) atoms. The van der Waals surface area contributed by atoms with Crippen LogP contribution in [-0.4, -0.2) is 26.0 Å². The van der Waals surface area contributed by atoms with Gasteiger partial charge in [-0.05, 0) is 31.9 Å². The van der Waals surface area contributed by atoms with Gasteiger partial charge < -0.3 is 10.2 Å². The second-order valence-corrected chi connectivity index (χ2v) is 4.68. The molecule has 6 heteroatoms. The highest BCUT2D eigenvalue weighted by molar-refractivity contribution is 5.88. The molecule has 0 aliphatic rings. The van der Waals surface area contributed by atoms with Gasteiger partial charge in [-0.15, -0.1) is 0 Å². The summed E-state index contributed by atoms with van der Waals surface area (Å²) in [4.78, 5) is 23.0. The third kappa shape index (κ3) is 2.27. The quantitative estimate of drug-likeness (QED) is 0.867. The van der Waals surface area contributed by atoms with Gasteiger partial charge in [-0.2, -0.15) is 9.78 Å². The van der Waals surface area contributed by atoms with Gasteiger partial charge >= 0.3 is 5.97 Å². The maximum atomic E-state index is 12.0. The first-order valence-corrected chi connectivity index (χ1v) is 5.96. The maximum absolute atomic E-state index is 12.0. The Balaban J connectivity index is 2.80. The van der Waals surface area contributed by atoms with Gasteiger partial charge in [0.2, 0.25) is 5.69 Å². The lowest BCUT2D eigenvalue weighted by atomic mass is 10.1. The number of carbonyl (C=O) groups is 1. The normalized spacial score (nSPS) is 10.6. The van der Waals surface area contributed by atoms with Crippen LogP contribution in [-0.2, 0) is 0 Å². The predicted octanol–water partition coefficient (Wildman–Crippen LogP) is 1.56. The van der Waals surface area contributed by atoms with E-state index in [1.807, 2.05) is 32.9 Å². The Bertz CT molecular complexity index is 739. The van der Waals surface area contributed by atoms with Gasteiger partial charge in [0.1, 0.15) is 0 Å². The molecule has 0 aliphatic carbocycles. The molecule has 2 aromatic rings. The van der Waals surface area contributed by atoms with Gasteiger partial charge in [0.15, 0.2) is 5.75 Å². The molecule has 0 aliphatic heterocycles. The van der Waals surface area contributed by atoms with Crippen LogP contribution < -0.4 is 5.56 Å². The molecule has 0 amide bonds. The SMILES string of the molecule is Cc1cc(C)c(-n2nc(C(=O)O)c(O)cc2=O)c(C)c1. The minimum atomic E-state index is -1.39. The number of aromatic hydroxyl groups is 1. The smallest absolute Gasteiger partial charge is 0.360 e. The first-order valence-electron chi connectivity index (χ1n) is 5.96. The second kappa shape index (κ2) is 4.80. The van der Waals surface area contributed by atoms with Crippen LogP contribution >= 0.6 is 0 Å². The molecule has 6 nitrogen and oxygen atoms in total. The minimum Gasteiger partial charge on any atom is -0.505 e. The zero-order chi connectivity index (χ0) is 15.0. The third-order valence-corrected chi connectivity index (χ3v) is 2.96. The number of hydrogen-bond donors (Lipinski definition) is 2. The number of nitrogens with zero attached hydrogens (tertiary/aromatic N) is 2. The van der Waals surface area contributed by atoms with E-state index in [2.05, 4.69) is 5.10 Å². The van der Waals surface area contributed by atoms with Gasteiger partial charge in [-0.1, -0.05) is 17.7 Å².